The molecule has 1 saturated heterocycles. The van der Waals surface area contributed by atoms with Crippen molar-refractivity contribution < 1.29 is 4.52 Å². The standard InChI is InChI=1S/C17H18N4OS/c1-12-18-11-15(23-12)17-19-16(20-22-17)13-5-7-14(8-6-13)21-9-3-2-4-10-21/h5-8,11H,2-4,9-10H2,1H3. The minimum absolute atomic E-state index is 0.533. The van der Waals surface area contributed by atoms with E-state index in [1.807, 2.05) is 6.92 Å². The van der Waals surface area contributed by atoms with Crippen LogP contribution in [0.2, 0.25) is 0 Å². The highest BCUT2D eigenvalue weighted by molar-refractivity contribution is 7.14. The topological polar surface area (TPSA) is 55.1 Å². The summed E-state index contributed by atoms with van der Waals surface area (Å²) in [5, 5.41) is 5.08. The zero-order chi connectivity index (χ0) is 15.6. The van der Waals surface area contributed by atoms with Crippen LogP contribution < -0.4 is 4.90 Å². The molecule has 118 valence electrons. The molecule has 0 unspecified atom stereocenters. The number of aryl methyl sites for hydroxylation is 1. The molecule has 5 nitrogen and oxygen atoms in total. The van der Waals surface area contributed by atoms with E-state index >= 15 is 0 Å². The summed E-state index contributed by atoms with van der Waals surface area (Å²) in [5.41, 5.74) is 2.25. The third-order valence-electron chi connectivity index (χ3n) is 4.10. The molecule has 0 atom stereocenters. The van der Waals surface area contributed by atoms with Crippen LogP contribution in [0.25, 0.3) is 22.2 Å². The highest BCUT2D eigenvalue weighted by atomic mass is 32.1. The molecule has 1 aromatic carbocycles. The molecular formula is C17H18N4OS. The Morgan fingerprint density at radius 3 is 2.57 bits per heavy atom. The fourth-order valence-electron chi connectivity index (χ4n) is 2.87. The maximum atomic E-state index is 5.36. The van der Waals surface area contributed by atoms with E-state index in [0.29, 0.717) is 11.7 Å². The summed E-state index contributed by atoms with van der Waals surface area (Å²) < 4.78 is 5.36. The first-order chi connectivity index (χ1) is 11.3. The van der Waals surface area contributed by atoms with Gasteiger partial charge in [-0.1, -0.05) is 5.16 Å². The average Bonchev–Trinajstić information content (AvgIpc) is 3.25. The Morgan fingerprint density at radius 1 is 1.09 bits per heavy atom. The molecule has 1 fully saturated rings. The van der Waals surface area contributed by atoms with Crippen LogP contribution in [0, 0.1) is 6.92 Å². The monoisotopic (exact) mass is 326 g/mol. The highest BCUT2D eigenvalue weighted by Gasteiger charge is 2.14. The van der Waals surface area contributed by atoms with Gasteiger partial charge in [-0.25, -0.2) is 4.98 Å². The molecule has 3 heterocycles. The van der Waals surface area contributed by atoms with E-state index in [4.69, 9.17) is 4.52 Å². The Hall–Kier alpha value is -2.21. The van der Waals surface area contributed by atoms with Crippen molar-refractivity contribution in [3.8, 4) is 22.2 Å². The van der Waals surface area contributed by atoms with E-state index in [0.717, 1.165) is 28.5 Å². The van der Waals surface area contributed by atoms with Crippen LogP contribution >= 0.6 is 11.3 Å². The van der Waals surface area contributed by atoms with E-state index in [1.54, 1.807) is 17.5 Å². The molecule has 0 aliphatic carbocycles. The van der Waals surface area contributed by atoms with Crippen molar-refractivity contribution in [3.63, 3.8) is 0 Å². The van der Waals surface area contributed by atoms with Crippen molar-refractivity contribution in [1.29, 1.82) is 0 Å². The molecule has 0 amide bonds. The highest BCUT2D eigenvalue weighted by Crippen LogP contribution is 2.28. The van der Waals surface area contributed by atoms with Crippen LogP contribution in [0.15, 0.2) is 35.0 Å². The van der Waals surface area contributed by atoms with Gasteiger partial charge in [-0.3, -0.25) is 0 Å². The Labute approximate surface area is 139 Å². The maximum absolute atomic E-state index is 5.36. The Morgan fingerprint density at radius 2 is 1.87 bits per heavy atom. The van der Waals surface area contributed by atoms with Crippen molar-refractivity contribution >= 4 is 17.0 Å². The normalized spacial score (nSPS) is 15.1. The van der Waals surface area contributed by atoms with Gasteiger partial charge in [0.25, 0.3) is 5.89 Å². The number of nitrogens with zero attached hydrogens (tertiary/aromatic N) is 4. The van der Waals surface area contributed by atoms with Crippen molar-refractivity contribution in [2.75, 3.05) is 18.0 Å². The number of hydrogen-bond donors (Lipinski definition) is 0. The number of piperidine rings is 1. The molecule has 1 aliphatic rings. The van der Waals surface area contributed by atoms with Gasteiger partial charge in [0.2, 0.25) is 5.82 Å². The van der Waals surface area contributed by atoms with Crippen LogP contribution in [0.3, 0.4) is 0 Å². The number of anilines is 1. The predicted molar refractivity (Wildman–Crippen MR) is 91.6 cm³/mol. The summed E-state index contributed by atoms with van der Waals surface area (Å²) in [6.45, 7) is 4.26. The second-order valence-corrected chi connectivity index (χ2v) is 7.00. The van der Waals surface area contributed by atoms with Gasteiger partial charge in [-0.15, -0.1) is 11.3 Å². The lowest BCUT2D eigenvalue weighted by atomic mass is 10.1. The van der Waals surface area contributed by atoms with Gasteiger partial charge in [0, 0.05) is 24.3 Å². The van der Waals surface area contributed by atoms with Crippen molar-refractivity contribution in [3.05, 3.63) is 35.5 Å². The second kappa shape index (κ2) is 6.12. The van der Waals surface area contributed by atoms with Crippen molar-refractivity contribution in [1.82, 2.24) is 15.1 Å². The smallest absolute Gasteiger partial charge is 0.269 e. The van der Waals surface area contributed by atoms with Gasteiger partial charge >= 0.3 is 0 Å². The SMILES string of the molecule is Cc1ncc(-c2nc(-c3ccc(N4CCCCC4)cc3)no2)s1. The third-order valence-corrected chi connectivity index (χ3v) is 5.01. The average molecular weight is 326 g/mol. The van der Waals surface area contributed by atoms with Crippen molar-refractivity contribution in [2.24, 2.45) is 0 Å². The number of thiazole rings is 1. The van der Waals surface area contributed by atoms with E-state index in [-0.39, 0.29) is 0 Å². The fraction of sp³-hybridized carbons (Fsp3) is 0.353. The largest absolute Gasteiger partial charge is 0.372 e. The van der Waals surface area contributed by atoms with Crippen LogP contribution in [-0.4, -0.2) is 28.2 Å². The Balaban J connectivity index is 1.55. The zero-order valence-electron chi connectivity index (χ0n) is 13.0. The number of benzene rings is 1. The van der Waals surface area contributed by atoms with Crippen LogP contribution in [0.1, 0.15) is 24.3 Å². The minimum Gasteiger partial charge on any atom is -0.372 e. The van der Waals surface area contributed by atoms with Gasteiger partial charge in [0.05, 0.1) is 11.2 Å². The van der Waals surface area contributed by atoms with E-state index < -0.39 is 0 Å². The summed E-state index contributed by atoms with van der Waals surface area (Å²) in [6.07, 6.45) is 5.68. The molecule has 0 N–H and O–H groups in total. The van der Waals surface area contributed by atoms with Gasteiger partial charge in [0.1, 0.15) is 4.88 Å². The minimum atomic E-state index is 0.533. The zero-order valence-corrected chi connectivity index (χ0v) is 13.8. The molecule has 2 aromatic heterocycles. The second-order valence-electron chi connectivity index (χ2n) is 5.76. The number of aromatic nitrogens is 3. The molecule has 23 heavy (non-hydrogen) atoms. The van der Waals surface area contributed by atoms with E-state index in [1.165, 1.54) is 24.9 Å². The lowest BCUT2D eigenvalue weighted by Crippen LogP contribution is -2.29. The number of hydrogen-bond acceptors (Lipinski definition) is 6. The molecule has 1 aliphatic heterocycles. The first-order valence-corrected chi connectivity index (χ1v) is 8.73. The molecular weight excluding hydrogens is 308 g/mol. The van der Waals surface area contributed by atoms with E-state index in [2.05, 4.69) is 44.3 Å². The quantitative estimate of drug-likeness (QED) is 0.723. The number of rotatable bonds is 3. The molecule has 0 radical (unpaired) electrons. The van der Waals surface area contributed by atoms with Gasteiger partial charge < -0.3 is 9.42 Å². The lowest BCUT2D eigenvalue weighted by molar-refractivity contribution is 0.433. The summed E-state index contributed by atoms with van der Waals surface area (Å²) >= 11 is 1.56. The first-order valence-electron chi connectivity index (χ1n) is 7.91. The molecule has 0 spiro atoms. The van der Waals surface area contributed by atoms with Gasteiger partial charge in [0.15, 0.2) is 0 Å². The molecule has 3 aromatic rings. The summed E-state index contributed by atoms with van der Waals surface area (Å²) in [4.78, 5) is 12.1. The lowest BCUT2D eigenvalue weighted by Gasteiger charge is -2.28. The fourth-order valence-corrected chi connectivity index (χ4v) is 3.57. The summed E-state index contributed by atoms with van der Waals surface area (Å²) in [7, 11) is 0. The maximum Gasteiger partial charge on any atom is 0.269 e. The van der Waals surface area contributed by atoms with Crippen LogP contribution in [0.5, 0.6) is 0 Å². The molecule has 6 heteroatoms. The summed E-state index contributed by atoms with van der Waals surface area (Å²) in [5.74, 6) is 1.15. The molecule has 4 rings (SSSR count). The van der Waals surface area contributed by atoms with E-state index in [9.17, 15) is 0 Å². The van der Waals surface area contributed by atoms with Crippen LogP contribution in [-0.2, 0) is 0 Å². The first kappa shape index (κ1) is 14.4. The molecule has 0 saturated carbocycles. The predicted octanol–water partition coefficient (Wildman–Crippen LogP) is 4.16. The third kappa shape index (κ3) is 2.99. The molecule has 0 bridgehead atoms. The Kier molecular flexibility index (Phi) is 3.83. The van der Waals surface area contributed by atoms with Crippen molar-refractivity contribution in [2.45, 2.75) is 26.2 Å². The summed E-state index contributed by atoms with van der Waals surface area (Å²) in [6, 6.07) is 8.42. The van der Waals surface area contributed by atoms with Gasteiger partial charge in [-0.05, 0) is 50.5 Å². The van der Waals surface area contributed by atoms with Crippen LogP contribution in [0.4, 0.5) is 5.69 Å². The Bertz CT molecular complexity index is 787. The van der Waals surface area contributed by atoms with Gasteiger partial charge in [-0.2, -0.15) is 4.98 Å².